The molecule has 3 nitrogen and oxygen atoms in total. The number of likely N-dealkylation sites (N-methyl/N-ethyl adjacent to an activating group) is 1. The van der Waals surface area contributed by atoms with Crippen molar-refractivity contribution >= 4 is 17.5 Å². The molecule has 2 aromatic rings. The molecule has 1 amide bonds. The van der Waals surface area contributed by atoms with Crippen LogP contribution in [0.2, 0.25) is 5.02 Å². The molecule has 1 aliphatic rings. The van der Waals surface area contributed by atoms with Gasteiger partial charge in [-0.3, -0.25) is 9.69 Å². The Morgan fingerprint density at radius 3 is 2.48 bits per heavy atom. The summed E-state index contributed by atoms with van der Waals surface area (Å²) in [6.45, 7) is 5.17. The monoisotopic (exact) mass is 452 g/mol. The van der Waals surface area contributed by atoms with Gasteiger partial charge in [0.05, 0.1) is 22.2 Å². The van der Waals surface area contributed by atoms with Crippen LogP contribution in [0.1, 0.15) is 60.6 Å². The standard InChI is InChI=1S/C24H28ClF3N2O/c1-4-16-13-14-23(2,30(3)15-16)21(17-9-6-5-7-10-17)29-22(31)18-11-8-12-19(20(18)25)24(26,27)28/h5-12,16,21H,4,13-15H2,1-3H3,(H,29,31)/t16?,21-,23?/m1/s1. The molecule has 0 aliphatic carbocycles. The number of hydrogen-bond acceptors (Lipinski definition) is 2. The van der Waals surface area contributed by atoms with Crippen LogP contribution >= 0.6 is 11.6 Å². The van der Waals surface area contributed by atoms with Crippen molar-refractivity contribution in [3.8, 4) is 0 Å². The first-order chi connectivity index (χ1) is 14.6. The maximum Gasteiger partial charge on any atom is 0.417 e. The number of rotatable bonds is 5. The van der Waals surface area contributed by atoms with Gasteiger partial charge < -0.3 is 5.32 Å². The first-order valence-electron chi connectivity index (χ1n) is 10.5. The fourth-order valence-electron chi connectivity index (χ4n) is 4.45. The van der Waals surface area contributed by atoms with Crippen LogP contribution in [0.15, 0.2) is 48.5 Å². The van der Waals surface area contributed by atoms with Gasteiger partial charge in [-0.25, -0.2) is 0 Å². The predicted octanol–water partition coefficient (Wildman–Crippen LogP) is 6.34. The molecular weight excluding hydrogens is 425 g/mol. The van der Waals surface area contributed by atoms with Crippen molar-refractivity contribution in [3.05, 3.63) is 70.2 Å². The summed E-state index contributed by atoms with van der Waals surface area (Å²) in [6.07, 6.45) is -1.65. The number of hydrogen-bond donors (Lipinski definition) is 1. The van der Waals surface area contributed by atoms with Crippen molar-refractivity contribution < 1.29 is 18.0 Å². The van der Waals surface area contributed by atoms with Crippen LogP contribution < -0.4 is 5.32 Å². The van der Waals surface area contributed by atoms with Gasteiger partial charge in [0, 0.05) is 12.1 Å². The van der Waals surface area contributed by atoms with Crippen LogP contribution in [0, 0.1) is 5.92 Å². The van der Waals surface area contributed by atoms with Crippen molar-refractivity contribution in [2.75, 3.05) is 13.6 Å². The van der Waals surface area contributed by atoms with Crippen LogP contribution in [-0.2, 0) is 6.18 Å². The van der Waals surface area contributed by atoms with Crippen molar-refractivity contribution in [1.82, 2.24) is 10.2 Å². The normalized spacial score (nSPS) is 23.4. The molecule has 1 saturated heterocycles. The van der Waals surface area contributed by atoms with Gasteiger partial charge in [-0.1, -0.05) is 61.3 Å². The molecule has 168 valence electrons. The van der Waals surface area contributed by atoms with E-state index in [4.69, 9.17) is 11.6 Å². The molecule has 7 heteroatoms. The Bertz CT molecular complexity index is 919. The highest BCUT2D eigenvalue weighted by Gasteiger charge is 2.43. The smallest absolute Gasteiger partial charge is 0.343 e. The third-order valence-electron chi connectivity index (χ3n) is 6.62. The molecule has 3 atom stereocenters. The van der Waals surface area contributed by atoms with E-state index in [1.165, 1.54) is 12.1 Å². The maximum absolute atomic E-state index is 13.3. The molecule has 0 bridgehead atoms. The number of benzene rings is 2. The number of halogens is 4. The van der Waals surface area contributed by atoms with Crippen LogP contribution in [0.3, 0.4) is 0 Å². The molecule has 1 N–H and O–H groups in total. The van der Waals surface area contributed by atoms with Gasteiger partial charge in [-0.05, 0) is 50.4 Å². The molecule has 0 saturated carbocycles. The minimum atomic E-state index is -4.63. The summed E-state index contributed by atoms with van der Waals surface area (Å²) in [5, 5.41) is 2.43. The molecule has 2 unspecified atom stereocenters. The van der Waals surface area contributed by atoms with Crippen molar-refractivity contribution in [3.63, 3.8) is 0 Å². The van der Waals surface area contributed by atoms with E-state index in [0.29, 0.717) is 5.92 Å². The van der Waals surface area contributed by atoms with Crippen molar-refractivity contribution in [2.24, 2.45) is 5.92 Å². The van der Waals surface area contributed by atoms with E-state index in [1.807, 2.05) is 37.4 Å². The van der Waals surface area contributed by atoms with Crippen LogP contribution in [0.25, 0.3) is 0 Å². The largest absolute Gasteiger partial charge is 0.417 e. The SMILES string of the molecule is CCC1CCC(C)([C@H](NC(=O)c2cccc(C(F)(F)F)c2Cl)c2ccccc2)N(C)C1. The van der Waals surface area contributed by atoms with Gasteiger partial charge in [0.2, 0.25) is 0 Å². The second kappa shape index (κ2) is 9.21. The summed E-state index contributed by atoms with van der Waals surface area (Å²) in [5.74, 6) is -0.0275. The molecule has 2 aromatic carbocycles. The maximum atomic E-state index is 13.3. The Labute approximate surface area is 186 Å². The van der Waals surface area contributed by atoms with E-state index in [-0.39, 0.29) is 5.56 Å². The van der Waals surface area contributed by atoms with E-state index in [2.05, 4.69) is 24.1 Å². The Morgan fingerprint density at radius 1 is 1.23 bits per heavy atom. The number of carbonyl (C=O) groups excluding carboxylic acids is 1. The second-order valence-electron chi connectivity index (χ2n) is 8.53. The van der Waals surface area contributed by atoms with Gasteiger partial charge in [0.15, 0.2) is 0 Å². The summed E-state index contributed by atoms with van der Waals surface area (Å²) < 4.78 is 39.8. The zero-order chi connectivity index (χ0) is 22.8. The number of nitrogens with one attached hydrogen (secondary N) is 1. The predicted molar refractivity (Wildman–Crippen MR) is 117 cm³/mol. The summed E-state index contributed by atoms with van der Waals surface area (Å²) >= 11 is 6.01. The topological polar surface area (TPSA) is 32.3 Å². The van der Waals surface area contributed by atoms with E-state index >= 15 is 0 Å². The van der Waals surface area contributed by atoms with E-state index in [1.54, 1.807) is 0 Å². The van der Waals surface area contributed by atoms with Crippen LogP contribution in [-0.4, -0.2) is 29.9 Å². The van der Waals surface area contributed by atoms with Gasteiger partial charge >= 0.3 is 6.18 Å². The number of nitrogens with zero attached hydrogens (tertiary/aromatic N) is 1. The molecule has 1 fully saturated rings. The number of amides is 1. The molecule has 0 radical (unpaired) electrons. The second-order valence-corrected chi connectivity index (χ2v) is 8.91. The van der Waals surface area contributed by atoms with Gasteiger partial charge in [-0.2, -0.15) is 13.2 Å². The molecule has 1 heterocycles. The lowest BCUT2D eigenvalue weighted by Crippen LogP contribution is -2.57. The number of piperidine rings is 1. The van der Waals surface area contributed by atoms with Gasteiger partial charge in [-0.15, -0.1) is 0 Å². The first kappa shape index (κ1) is 23.6. The highest BCUT2D eigenvalue weighted by Crippen LogP contribution is 2.41. The van der Waals surface area contributed by atoms with Gasteiger partial charge in [0.25, 0.3) is 5.91 Å². The average Bonchev–Trinajstić information content (AvgIpc) is 2.73. The van der Waals surface area contributed by atoms with Crippen LogP contribution in [0.4, 0.5) is 13.2 Å². The third kappa shape index (κ3) is 4.90. The Hall–Kier alpha value is -2.05. The lowest BCUT2D eigenvalue weighted by atomic mass is 9.75. The molecule has 3 rings (SSSR count). The summed E-state index contributed by atoms with van der Waals surface area (Å²) in [6, 6.07) is 12.6. The average molecular weight is 453 g/mol. The summed E-state index contributed by atoms with van der Waals surface area (Å²) in [5.41, 5.74) is -0.671. The number of likely N-dealkylation sites (tertiary alicyclic amines) is 1. The third-order valence-corrected chi connectivity index (χ3v) is 7.03. The highest BCUT2D eigenvalue weighted by atomic mass is 35.5. The Balaban J connectivity index is 1.97. The lowest BCUT2D eigenvalue weighted by molar-refractivity contribution is -0.137. The Kier molecular flexibility index (Phi) is 7.01. The van der Waals surface area contributed by atoms with Crippen molar-refractivity contribution in [1.29, 1.82) is 0 Å². The molecule has 0 aromatic heterocycles. The van der Waals surface area contributed by atoms with Gasteiger partial charge in [0.1, 0.15) is 0 Å². The molecule has 0 spiro atoms. The van der Waals surface area contributed by atoms with E-state index in [9.17, 15) is 18.0 Å². The minimum Gasteiger partial charge on any atom is -0.343 e. The molecular formula is C24H28ClF3N2O. The highest BCUT2D eigenvalue weighted by molar-refractivity contribution is 6.34. The van der Waals surface area contributed by atoms with Crippen molar-refractivity contribution in [2.45, 2.75) is 50.9 Å². The molecule has 1 aliphatic heterocycles. The number of alkyl halides is 3. The summed E-state index contributed by atoms with van der Waals surface area (Å²) in [4.78, 5) is 15.4. The number of carbonyl (C=O) groups is 1. The first-order valence-corrected chi connectivity index (χ1v) is 10.9. The summed E-state index contributed by atoms with van der Waals surface area (Å²) in [7, 11) is 2.04. The van der Waals surface area contributed by atoms with Crippen LogP contribution in [0.5, 0.6) is 0 Å². The zero-order valence-electron chi connectivity index (χ0n) is 18.0. The zero-order valence-corrected chi connectivity index (χ0v) is 18.7. The fraction of sp³-hybridized carbons (Fsp3) is 0.458. The minimum absolute atomic E-state index is 0.175. The lowest BCUT2D eigenvalue weighted by Gasteiger charge is -2.50. The van der Waals surface area contributed by atoms with E-state index < -0.39 is 34.3 Å². The van der Waals surface area contributed by atoms with E-state index in [0.717, 1.165) is 37.4 Å². The molecule has 31 heavy (non-hydrogen) atoms. The fourth-order valence-corrected chi connectivity index (χ4v) is 4.77. The Morgan fingerprint density at radius 2 is 1.90 bits per heavy atom. The quantitative estimate of drug-likeness (QED) is 0.574.